The maximum Gasteiger partial charge on any atom is 0.328 e. The number of aromatic nitrogens is 2. The van der Waals surface area contributed by atoms with Crippen LogP contribution in [0, 0.1) is 0 Å². The molecule has 2 aromatic carbocycles. The molecular weight excluding hydrogens is 420 g/mol. The van der Waals surface area contributed by atoms with Crippen LogP contribution >= 0.6 is 0 Å². The summed E-state index contributed by atoms with van der Waals surface area (Å²) >= 11 is 0. The molecule has 4 N–H and O–H groups in total. The van der Waals surface area contributed by atoms with Crippen LogP contribution in [0.1, 0.15) is 18.1 Å². The van der Waals surface area contributed by atoms with Crippen molar-refractivity contribution in [2.24, 2.45) is 0 Å². The molecule has 0 aliphatic carbocycles. The number of benzene rings is 2. The molecule has 0 unspecified atom stereocenters. The molecule has 0 saturated heterocycles. The molecule has 0 aliphatic rings. The monoisotopic (exact) mass is 446 g/mol. The second-order valence-electron chi connectivity index (χ2n) is 7.96. The molecule has 170 valence electrons. The van der Waals surface area contributed by atoms with Gasteiger partial charge >= 0.3 is 5.97 Å². The van der Waals surface area contributed by atoms with Crippen LogP contribution in [-0.2, 0) is 32.0 Å². The lowest BCUT2D eigenvalue weighted by Crippen LogP contribution is -2.53. The Morgan fingerprint density at radius 3 is 1.85 bits per heavy atom. The van der Waals surface area contributed by atoms with Crippen molar-refractivity contribution in [1.29, 1.82) is 0 Å². The first-order valence-electron chi connectivity index (χ1n) is 10.7. The summed E-state index contributed by atoms with van der Waals surface area (Å²) in [6, 6.07) is 13.7. The molecule has 2 atom stereocenters. The van der Waals surface area contributed by atoms with E-state index in [9.17, 15) is 14.4 Å². The summed E-state index contributed by atoms with van der Waals surface area (Å²) < 4.78 is 4.94. The highest BCUT2D eigenvalue weighted by Gasteiger charge is 2.28. The third kappa shape index (κ3) is 4.90. The maximum absolute atomic E-state index is 13.2. The Balaban J connectivity index is 1.55. The molecule has 33 heavy (non-hydrogen) atoms. The van der Waals surface area contributed by atoms with Crippen molar-refractivity contribution in [3.8, 4) is 0 Å². The minimum absolute atomic E-state index is 0.252. The first-order chi connectivity index (χ1) is 16.0. The largest absolute Gasteiger partial charge is 0.467 e. The minimum Gasteiger partial charge on any atom is -0.467 e. The van der Waals surface area contributed by atoms with E-state index in [2.05, 4.69) is 20.6 Å². The van der Waals surface area contributed by atoms with Crippen molar-refractivity contribution in [1.82, 2.24) is 20.6 Å². The van der Waals surface area contributed by atoms with Crippen molar-refractivity contribution in [2.75, 3.05) is 7.11 Å². The van der Waals surface area contributed by atoms with Gasteiger partial charge in [0.25, 0.3) is 0 Å². The van der Waals surface area contributed by atoms with Gasteiger partial charge in [0, 0.05) is 54.0 Å². The van der Waals surface area contributed by atoms with Crippen molar-refractivity contribution >= 4 is 39.6 Å². The summed E-state index contributed by atoms with van der Waals surface area (Å²) in [5.74, 6) is -1.34. The number of aromatic amines is 2. The summed E-state index contributed by atoms with van der Waals surface area (Å²) in [5.41, 5.74) is 3.67. The number of para-hydroxylation sites is 2. The van der Waals surface area contributed by atoms with E-state index < -0.39 is 24.0 Å². The predicted octanol–water partition coefficient (Wildman–Crippen LogP) is 2.60. The normalized spacial score (nSPS) is 12.9. The van der Waals surface area contributed by atoms with Crippen LogP contribution in [-0.4, -0.2) is 46.9 Å². The number of ether oxygens (including phenoxy) is 1. The van der Waals surface area contributed by atoms with Crippen molar-refractivity contribution in [3.63, 3.8) is 0 Å². The van der Waals surface area contributed by atoms with Gasteiger partial charge in [-0.15, -0.1) is 0 Å². The number of hydrogen-bond donors (Lipinski definition) is 4. The number of rotatable bonds is 8. The molecule has 0 radical (unpaired) electrons. The lowest BCUT2D eigenvalue weighted by Gasteiger charge is -2.22. The molecular formula is C25H26N4O4. The van der Waals surface area contributed by atoms with E-state index in [4.69, 9.17) is 4.74 Å². The van der Waals surface area contributed by atoms with Gasteiger partial charge in [-0.1, -0.05) is 36.4 Å². The van der Waals surface area contributed by atoms with E-state index in [0.29, 0.717) is 0 Å². The zero-order valence-corrected chi connectivity index (χ0v) is 18.5. The van der Waals surface area contributed by atoms with E-state index in [1.54, 1.807) is 0 Å². The molecule has 0 fully saturated rings. The van der Waals surface area contributed by atoms with Crippen LogP contribution in [0.25, 0.3) is 21.8 Å². The third-order valence-electron chi connectivity index (χ3n) is 5.69. The second-order valence-corrected chi connectivity index (χ2v) is 7.96. The van der Waals surface area contributed by atoms with E-state index >= 15 is 0 Å². The van der Waals surface area contributed by atoms with Gasteiger partial charge in [0.15, 0.2) is 0 Å². The van der Waals surface area contributed by atoms with Crippen LogP contribution in [0.3, 0.4) is 0 Å². The van der Waals surface area contributed by atoms with E-state index in [1.165, 1.54) is 14.0 Å². The second kappa shape index (κ2) is 9.60. The topological polar surface area (TPSA) is 116 Å². The Kier molecular flexibility index (Phi) is 6.44. The molecule has 0 aliphatic heterocycles. The number of carbonyl (C=O) groups excluding carboxylic acids is 3. The number of hydrogen-bond acceptors (Lipinski definition) is 4. The van der Waals surface area contributed by atoms with Gasteiger partial charge in [-0.3, -0.25) is 9.59 Å². The Bertz CT molecular complexity index is 1310. The van der Waals surface area contributed by atoms with Crippen molar-refractivity contribution in [3.05, 3.63) is 72.1 Å². The fourth-order valence-electron chi connectivity index (χ4n) is 4.10. The highest BCUT2D eigenvalue weighted by atomic mass is 16.5. The molecule has 0 spiro atoms. The lowest BCUT2D eigenvalue weighted by molar-refractivity contribution is -0.145. The molecule has 2 heterocycles. The number of esters is 1. The average molecular weight is 447 g/mol. The van der Waals surface area contributed by atoms with Gasteiger partial charge in [-0.25, -0.2) is 4.79 Å². The van der Waals surface area contributed by atoms with Crippen molar-refractivity contribution < 1.29 is 19.1 Å². The van der Waals surface area contributed by atoms with Gasteiger partial charge in [0.05, 0.1) is 7.11 Å². The van der Waals surface area contributed by atoms with E-state index in [-0.39, 0.29) is 18.7 Å². The fourth-order valence-corrected chi connectivity index (χ4v) is 4.10. The van der Waals surface area contributed by atoms with Crippen LogP contribution in [0.5, 0.6) is 0 Å². The van der Waals surface area contributed by atoms with Crippen LogP contribution in [0.2, 0.25) is 0 Å². The van der Waals surface area contributed by atoms with E-state index in [0.717, 1.165) is 32.9 Å². The summed E-state index contributed by atoms with van der Waals surface area (Å²) in [7, 11) is 1.29. The highest BCUT2D eigenvalue weighted by Crippen LogP contribution is 2.21. The molecule has 8 nitrogen and oxygen atoms in total. The minimum atomic E-state index is -0.902. The Morgan fingerprint density at radius 2 is 1.33 bits per heavy atom. The number of carbonyl (C=O) groups is 3. The summed E-state index contributed by atoms with van der Waals surface area (Å²) in [5, 5.41) is 7.44. The first kappa shape index (κ1) is 22.1. The highest BCUT2D eigenvalue weighted by molar-refractivity contribution is 5.92. The Morgan fingerprint density at radius 1 is 0.818 bits per heavy atom. The van der Waals surface area contributed by atoms with Crippen LogP contribution < -0.4 is 10.6 Å². The number of H-pyrrole nitrogens is 2. The summed E-state index contributed by atoms with van der Waals surface area (Å²) in [4.78, 5) is 43.9. The van der Waals surface area contributed by atoms with Crippen molar-refractivity contribution in [2.45, 2.75) is 31.8 Å². The Labute approximate surface area is 190 Å². The smallest absolute Gasteiger partial charge is 0.328 e. The average Bonchev–Trinajstić information content (AvgIpc) is 3.41. The van der Waals surface area contributed by atoms with Gasteiger partial charge in [0.2, 0.25) is 11.8 Å². The standard InChI is InChI=1S/C25H26N4O4/c1-15(30)28-22(11-16-13-26-20-9-5-3-7-18(16)20)24(31)29-23(25(32)33-2)12-17-14-27-21-10-6-4-8-19(17)21/h3-10,13-14,22-23,26-27H,11-12H2,1-2H3,(H,28,30)(H,29,31)/t22-,23+/m0/s1. The zero-order valence-electron chi connectivity index (χ0n) is 18.5. The fraction of sp³-hybridized carbons (Fsp3) is 0.240. The molecule has 8 heteroatoms. The summed E-state index contributed by atoms with van der Waals surface area (Å²) in [6.07, 6.45) is 4.18. The molecule has 4 rings (SSSR count). The lowest BCUT2D eigenvalue weighted by atomic mass is 10.0. The number of methoxy groups -OCH3 is 1. The zero-order chi connectivity index (χ0) is 23.4. The number of fused-ring (bicyclic) bond motifs is 2. The third-order valence-corrected chi connectivity index (χ3v) is 5.69. The van der Waals surface area contributed by atoms with Gasteiger partial charge < -0.3 is 25.3 Å². The van der Waals surface area contributed by atoms with Gasteiger partial charge in [-0.05, 0) is 23.3 Å². The molecule has 0 bridgehead atoms. The Hall–Kier alpha value is -4.07. The predicted molar refractivity (Wildman–Crippen MR) is 126 cm³/mol. The quantitative estimate of drug-likeness (QED) is 0.311. The van der Waals surface area contributed by atoms with Gasteiger partial charge in [0.1, 0.15) is 12.1 Å². The number of amides is 2. The molecule has 2 amide bonds. The maximum atomic E-state index is 13.2. The first-order valence-corrected chi connectivity index (χ1v) is 10.7. The summed E-state index contributed by atoms with van der Waals surface area (Å²) in [6.45, 7) is 1.36. The van der Waals surface area contributed by atoms with Crippen LogP contribution in [0.4, 0.5) is 0 Å². The van der Waals surface area contributed by atoms with E-state index in [1.807, 2.05) is 60.9 Å². The van der Waals surface area contributed by atoms with Gasteiger partial charge in [-0.2, -0.15) is 0 Å². The molecule has 0 saturated carbocycles. The SMILES string of the molecule is COC(=O)[C@@H](Cc1c[nH]c2ccccc12)NC(=O)[C@H](Cc1c[nH]c2ccccc12)NC(C)=O. The molecule has 2 aromatic heterocycles. The van der Waals surface area contributed by atoms with Crippen LogP contribution in [0.15, 0.2) is 60.9 Å². The molecule has 4 aromatic rings. The number of nitrogens with one attached hydrogen (secondary N) is 4.